The zero-order chi connectivity index (χ0) is 18.2. The Hall–Kier alpha value is -2.82. The molecule has 0 spiro atoms. The van der Waals surface area contributed by atoms with E-state index in [9.17, 15) is 9.59 Å². The second-order valence-electron chi connectivity index (χ2n) is 5.63. The van der Waals surface area contributed by atoms with E-state index in [2.05, 4.69) is 5.32 Å². The summed E-state index contributed by atoms with van der Waals surface area (Å²) in [4.78, 5) is 26.4. The van der Waals surface area contributed by atoms with E-state index in [4.69, 9.17) is 4.74 Å². The highest BCUT2D eigenvalue weighted by Crippen LogP contribution is 2.24. The first-order valence-corrected chi connectivity index (χ1v) is 8.43. The molecule has 2 aromatic carbocycles. The van der Waals surface area contributed by atoms with Crippen molar-refractivity contribution in [2.24, 2.45) is 0 Å². The minimum absolute atomic E-state index is 0.220. The molecule has 2 amide bonds. The average molecular weight is 340 g/mol. The second kappa shape index (κ2) is 8.87. The molecule has 132 valence electrons. The SMILES string of the molecule is CCOc1ccccc1NC(=O)CC(=O)N(CC)c1cccc(C)c1. The maximum Gasteiger partial charge on any atom is 0.236 e. The Morgan fingerprint density at radius 3 is 2.52 bits per heavy atom. The van der Waals surface area contributed by atoms with Crippen molar-refractivity contribution < 1.29 is 14.3 Å². The Kier molecular flexibility index (Phi) is 6.57. The topological polar surface area (TPSA) is 58.6 Å². The van der Waals surface area contributed by atoms with Gasteiger partial charge in [0.25, 0.3) is 0 Å². The summed E-state index contributed by atoms with van der Waals surface area (Å²) in [5.41, 5.74) is 2.44. The Bertz CT molecular complexity index is 743. The lowest BCUT2D eigenvalue weighted by molar-refractivity contribution is -0.125. The molecule has 1 N–H and O–H groups in total. The van der Waals surface area contributed by atoms with E-state index < -0.39 is 0 Å². The van der Waals surface area contributed by atoms with Crippen molar-refractivity contribution in [2.75, 3.05) is 23.4 Å². The summed E-state index contributed by atoms with van der Waals surface area (Å²) in [7, 11) is 0. The van der Waals surface area contributed by atoms with E-state index >= 15 is 0 Å². The van der Waals surface area contributed by atoms with Crippen molar-refractivity contribution >= 4 is 23.2 Å². The Morgan fingerprint density at radius 2 is 1.84 bits per heavy atom. The Balaban J connectivity index is 2.05. The van der Waals surface area contributed by atoms with E-state index in [1.807, 2.05) is 57.2 Å². The lowest BCUT2D eigenvalue weighted by Crippen LogP contribution is -2.33. The van der Waals surface area contributed by atoms with Crippen LogP contribution in [0.1, 0.15) is 25.8 Å². The van der Waals surface area contributed by atoms with Crippen molar-refractivity contribution in [1.29, 1.82) is 0 Å². The van der Waals surface area contributed by atoms with Gasteiger partial charge < -0.3 is 15.0 Å². The molecular weight excluding hydrogens is 316 g/mol. The molecule has 0 atom stereocenters. The van der Waals surface area contributed by atoms with Gasteiger partial charge in [0.05, 0.1) is 12.3 Å². The van der Waals surface area contributed by atoms with Crippen LogP contribution in [-0.4, -0.2) is 25.0 Å². The zero-order valence-corrected chi connectivity index (χ0v) is 14.9. The summed E-state index contributed by atoms with van der Waals surface area (Å²) < 4.78 is 5.48. The minimum Gasteiger partial charge on any atom is -0.492 e. The first kappa shape index (κ1) is 18.5. The van der Waals surface area contributed by atoms with E-state index in [-0.39, 0.29) is 18.2 Å². The molecular formula is C20H24N2O3. The van der Waals surface area contributed by atoms with Gasteiger partial charge in [0, 0.05) is 12.2 Å². The van der Waals surface area contributed by atoms with Gasteiger partial charge in [0.15, 0.2) is 0 Å². The lowest BCUT2D eigenvalue weighted by atomic mass is 10.2. The van der Waals surface area contributed by atoms with Gasteiger partial charge in [-0.2, -0.15) is 0 Å². The third kappa shape index (κ3) is 5.08. The highest BCUT2D eigenvalue weighted by Gasteiger charge is 2.18. The molecule has 0 heterocycles. The number of hydrogen-bond acceptors (Lipinski definition) is 3. The van der Waals surface area contributed by atoms with Crippen LogP contribution in [0.4, 0.5) is 11.4 Å². The molecule has 0 unspecified atom stereocenters. The highest BCUT2D eigenvalue weighted by molar-refractivity contribution is 6.09. The Labute approximate surface area is 148 Å². The van der Waals surface area contributed by atoms with Crippen molar-refractivity contribution in [1.82, 2.24) is 0 Å². The number of amides is 2. The Morgan fingerprint density at radius 1 is 1.08 bits per heavy atom. The summed E-state index contributed by atoms with van der Waals surface area (Å²) in [6.45, 7) is 6.75. The predicted octanol–water partition coefficient (Wildman–Crippen LogP) is 3.78. The lowest BCUT2D eigenvalue weighted by Gasteiger charge is -2.21. The molecule has 0 aliphatic heterocycles. The fourth-order valence-electron chi connectivity index (χ4n) is 2.58. The number of carbonyl (C=O) groups is 2. The minimum atomic E-state index is -0.358. The molecule has 5 nitrogen and oxygen atoms in total. The maximum absolute atomic E-state index is 12.5. The summed E-state index contributed by atoms with van der Waals surface area (Å²) >= 11 is 0. The van der Waals surface area contributed by atoms with Gasteiger partial charge in [-0.1, -0.05) is 24.3 Å². The number of rotatable bonds is 7. The number of anilines is 2. The molecule has 0 aliphatic carbocycles. The number of para-hydroxylation sites is 2. The number of hydrogen-bond donors (Lipinski definition) is 1. The number of nitrogens with zero attached hydrogens (tertiary/aromatic N) is 1. The van der Waals surface area contributed by atoms with E-state index in [1.54, 1.807) is 17.0 Å². The fourth-order valence-corrected chi connectivity index (χ4v) is 2.58. The second-order valence-corrected chi connectivity index (χ2v) is 5.63. The maximum atomic E-state index is 12.5. The molecule has 25 heavy (non-hydrogen) atoms. The van der Waals surface area contributed by atoms with Crippen LogP contribution in [0.3, 0.4) is 0 Å². The molecule has 2 rings (SSSR count). The standard InChI is InChI=1S/C20H24N2O3/c1-4-22(16-10-8-9-15(3)13-16)20(24)14-19(23)21-17-11-6-7-12-18(17)25-5-2/h6-13H,4-5,14H2,1-3H3,(H,21,23). The van der Waals surface area contributed by atoms with Crippen molar-refractivity contribution in [3.63, 3.8) is 0 Å². The van der Waals surface area contributed by atoms with Crippen LogP contribution in [0.5, 0.6) is 5.75 Å². The summed E-state index contributed by atoms with van der Waals surface area (Å²) in [6, 6.07) is 14.9. The molecule has 0 saturated heterocycles. The fraction of sp³-hybridized carbons (Fsp3) is 0.300. The summed E-state index contributed by atoms with van der Waals surface area (Å²) in [5.74, 6) is -0.000391. The molecule has 0 bridgehead atoms. The zero-order valence-electron chi connectivity index (χ0n) is 14.9. The molecule has 0 fully saturated rings. The van der Waals surface area contributed by atoms with Gasteiger partial charge >= 0.3 is 0 Å². The van der Waals surface area contributed by atoms with Gasteiger partial charge in [-0.25, -0.2) is 0 Å². The number of carbonyl (C=O) groups excluding carboxylic acids is 2. The number of nitrogens with one attached hydrogen (secondary N) is 1. The molecule has 0 radical (unpaired) electrons. The smallest absolute Gasteiger partial charge is 0.236 e. The number of ether oxygens (including phenoxy) is 1. The van der Waals surface area contributed by atoms with Crippen molar-refractivity contribution in [3.05, 3.63) is 54.1 Å². The van der Waals surface area contributed by atoms with Crippen LogP contribution in [0, 0.1) is 6.92 Å². The summed E-state index contributed by atoms with van der Waals surface area (Å²) in [5, 5.41) is 2.76. The molecule has 0 aromatic heterocycles. The molecule has 0 aliphatic rings. The normalized spacial score (nSPS) is 10.2. The molecule has 0 saturated carbocycles. The van der Waals surface area contributed by atoms with Crippen molar-refractivity contribution in [2.45, 2.75) is 27.2 Å². The highest BCUT2D eigenvalue weighted by atomic mass is 16.5. The van der Waals surface area contributed by atoms with Gasteiger partial charge in [0.1, 0.15) is 12.2 Å². The average Bonchev–Trinajstić information content (AvgIpc) is 2.57. The van der Waals surface area contributed by atoms with E-state index in [1.165, 1.54) is 0 Å². The van der Waals surface area contributed by atoms with Crippen LogP contribution >= 0.6 is 0 Å². The number of benzene rings is 2. The predicted molar refractivity (Wildman–Crippen MR) is 100 cm³/mol. The third-order valence-electron chi connectivity index (χ3n) is 3.70. The quantitative estimate of drug-likeness (QED) is 0.781. The van der Waals surface area contributed by atoms with E-state index in [0.717, 1.165) is 11.3 Å². The monoisotopic (exact) mass is 340 g/mol. The number of aryl methyl sites for hydroxylation is 1. The van der Waals surface area contributed by atoms with E-state index in [0.29, 0.717) is 24.6 Å². The van der Waals surface area contributed by atoms with Crippen LogP contribution in [0.25, 0.3) is 0 Å². The largest absolute Gasteiger partial charge is 0.492 e. The van der Waals surface area contributed by atoms with Crippen LogP contribution in [0.15, 0.2) is 48.5 Å². The van der Waals surface area contributed by atoms with Gasteiger partial charge in [0.2, 0.25) is 11.8 Å². The molecule has 5 heteroatoms. The first-order valence-electron chi connectivity index (χ1n) is 8.43. The third-order valence-corrected chi connectivity index (χ3v) is 3.70. The first-order chi connectivity index (χ1) is 12.0. The van der Waals surface area contributed by atoms with Crippen LogP contribution in [0.2, 0.25) is 0 Å². The van der Waals surface area contributed by atoms with Gasteiger partial charge in [-0.3, -0.25) is 9.59 Å². The summed E-state index contributed by atoms with van der Waals surface area (Å²) in [6.07, 6.45) is -0.220. The van der Waals surface area contributed by atoms with Crippen LogP contribution in [-0.2, 0) is 9.59 Å². The molecule has 2 aromatic rings. The van der Waals surface area contributed by atoms with Crippen LogP contribution < -0.4 is 15.0 Å². The van der Waals surface area contributed by atoms with Gasteiger partial charge in [-0.15, -0.1) is 0 Å². The van der Waals surface area contributed by atoms with Gasteiger partial charge in [-0.05, 0) is 50.6 Å². The van der Waals surface area contributed by atoms with Crippen molar-refractivity contribution in [3.8, 4) is 5.75 Å².